The quantitative estimate of drug-likeness (QED) is 0.273. The van der Waals surface area contributed by atoms with E-state index in [0.29, 0.717) is 6.04 Å². The Kier molecular flexibility index (Phi) is 18.7. The lowest BCUT2D eigenvalue weighted by Gasteiger charge is -2.28. The van der Waals surface area contributed by atoms with E-state index in [-0.39, 0.29) is 18.9 Å². The topological polar surface area (TPSA) is 90.7 Å². The van der Waals surface area contributed by atoms with Crippen LogP contribution in [0.25, 0.3) is 5.57 Å². The molecular weight excluding hydrogens is 486 g/mol. The fourth-order valence-corrected chi connectivity index (χ4v) is 3.80. The summed E-state index contributed by atoms with van der Waals surface area (Å²) in [4.78, 5) is 21.3. The molecule has 0 atom stereocenters. The number of carbonyl (C=O) groups is 2. The van der Waals surface area contributed by atoms with Gasteiger partial charge in [-0.05, 0) is 60.7 Å². The molecule has 0 aliphatic carbocycles. The molecule has 1 aliphatic rings. The summed E-state index contributed by atoms with van der Waals surface area (Å²) in [6.45, 7) is 21.4. The Hall–Kier alpha value is -3.42. The smallest absolute Gasteiger partial charge is 0.255 e. The maximum absolute atomic E-state index is 12.7. The molecule has 2 aromatic rings. The van der Waals surface area contributed by atoms with E-state index in [1.165, 1.54) is 17.5 Å². The molecule has 216 valence electrons. The number of likely N-dealkylation sites (N-methyl/N-ethyl adjacent to an activating group) is 1. The molecule has 3 rings (SSSR count). The van der Waals surface area contributed by atoms with Crippen LogP contribution in [0.4, 0.5) is 5.69 Å². The highest BCUT2D eigenvalue weighted by atomic mass is 16.2. The number of hydrazine groups is 1. The molecule has 0 bridgehead atoms. The number of nitrogens with one attached hydrogen (secondary N) is 2. The lowest BCUT2D eigenvalue weighted by atomic mass is 10.0. The van der Waals surface area contributed by atoms with E-state index in [2.05, 4.69) is 79.1 Å². The SMILES string of the molecule is C=C/C(=C\C)c1ccc(C)c(NCC(=O)N(C)N2Cc3ccccc3C2)c1.CC.CCCNC(C)C.NC=O. The summed E-state index contributed by atoms with van der Waals surface area (Å²) in [6.07, 6.45) is 5.36. The number of anilines is 1. The largest absolute Gasteiger partial charge is 0.376 e. The van der Waals surface area contributed by atoms with Crippen LogP contribution in [0.15, 0.2) is 61.2 Å². The van der Waals surface area contributed by atoms with E-state index in [0.717, 1.165) is 42.0 Å². The van der Waals surface area contributed by atoms with Crippen molar-refractivity contribution in [2.45, 2.75) is 74.0 Å². The number of fused-ring (bicyclic) bond motifs is 1. The molecule has 0 fully saturated rings. The van der Waals surface area contributed by atoms with Gasteiger partial charge in [0, 0.05) is 31.9 Å². The molecule has 0 radical (unpaired) electrons. The molecule has 0 aromatic heterocycles. The van der Waals surface area contributed by atoms with Crippen LogP contribution < -0.4 is 16.4 Å². The molecule has 4 N–H and O–H groups in total. The third kappa shape index (κ3) is 12.8. The Morgan fingerprint density at radius 1 is 1.15 bits per heavy atom. The van der Waals surface area contributed by atoms with Gasteiger partial charge in [0.25, 0.3) is 5.91 Å². The predicted octanol–water partition coefficient (Wildman–Crippen LogP) is 5.91. The fourth-order valence-electron chi connectivity index (χ4n) is 3.80. The van der Waals surface area contributed by atoms with E-state index in [9.17, 15) is 4.79 Å². The van der Waals surface area contributed by atoms with Gasteiger partial charge in [0.2, 0.25) is 6.41 Å². The summed E-state index contributed by atoms with van der Waals surface area (Å²) in [7, 11) is 1.84. The van der Waals surface area contributed by atoms with E-state index >= 15 is 0 Å². The molecule has 0 unspecified atom stereocenters. The minimum absolute atomic E-state index is 0.0441. The van der Waals surface area contributed by atoms with Crippen molar-refractivity contribution in [2.75, 3.05) is 25.5 Å². The van der Waals surface area contributed by atoms with Crippen LogP contribution in [0.2, 0.25) is 0 Å². The van der Waals surface area contributed by atoms with Gasteiger partial charge < -0.3 is 16.4 Å². The number of nitrogens with zero attached hydrogens (tertiary/aromatic N) is 2. The van der Waals surface area contributed by atoms with Gasteiger partial charge in [0.1, 0.15) is 0 Å². The Morgan fingerprint density at radius 3 is 2.15 bits per heavy atom. The zero-order chi connectivity index (χ0) is 29.8. The number of aryl methyl sites for hydroxylation is 1. The number of allylic oxidation sites excluding steroid dienone is 3. The zero-order valence-electron chi connectivity index (χ0n) is 25.4. The van der Waals surface area contributed by atoms with E-state index in [4.69, 9.17) is 4.79 Å². The molecule has 1 aliphatic heterocycles. The molecule has 2 amide bonds. The van der Waals surface area contributed by atoms with Crippen molar-refractivity contribution >= 4 is 23.6 Å². The second-order valence-electron chi connectivity index (χ2n) is 9.09. The normalized spacial score (nSPS) is 12.0. The monoisotopic (exact) mass is 537 g/mol. The number of rotatable bonds is 9. The van der Waals surface area contributed by atoms with Gasteiger partial charge in [0.05, 0.1) is 6.54 Å². The molecule has 2 aromatic carbocycles. The second kappa shape index (κ2) is 20.5. The van der Waals surface area contributed by atoms with E-state index < -0.39 is 0 Å². The highest BCUT2D eigenvalue weighted by Crippen LogP contribution is 2.24. The van der Waals surface area contributed by atoms with Gasteiger partial charge in [-0.2, -0.15) is 0 Å². The van der Waals surface area contributed by atoms with Crippen LogP contribution in [0.3, 0.4) is 0 Å². The number of primary amides is 1. The number of amides is 2. The maximum atomic E-state index is 12.7. The molecule has 0 saturated carbocycles. The summed E-state index contributed by atoms with van der Waals surface area (Å²) in [5.74, 6) is 0.0441. The van der Waals surface area contributed by atoms with Crippen LogP contribution >= 0.6 is 0 Å². The predicted molar refractivity (Wildman–Crippen MR) is 167 cm³/mol. The maximum Gasteiger partial charge on any atom is 0.255 e. The van der Waals surface area contributed by atoms with Crippen molar-refractivity contribution in [3.05, 3.63) is 83.4 Å². The summed E-state index contributed by atoms with van der Waals surface area (Å²) in [6, 6.07) is 15.2. The average Bonchev–Trinajstić information content (AvgIpc) is 3.38. The van der Waals surface area contributed by atoms with Gasteiger partial charge in [0.15, 0.2) is 0 Å². The highest BCUT2D eigenvalue weighted by Gasteiger charge is 2.24. The molecule has 1 heterocycles. The Bertz CT molecular complexity index is 1010. The van der Waals surface area contributed by atoms with E-state index in [1.54, 1.807) is 5.01 Å². The number of hydrogen-bond acceptors (Lipinski definition) is 5. The van der Waals surface area contributed by atoms with Crippen molar-refractivity contribution < 1.29 is 9.59 Å². The van der Waals surface area contributed by atoms with Crippen LogP contribution in [0, 0.1) is 6.92 Å². The number of hydrogen-bond donors (Lipinski definition) is 3. The number of nitrogens with two attached hydrogens (primary N) is 1. The standard InChI is InChI=1S/C23H27N3O.C6H15N.C2H6.CH3NO/c1-5-18(6-2)19-12-11-17(3)22(13-19)24-14-23(27)25(4)26-15-20-9-7-8-10-21(20)16-26;1-4-5-7-6(2)3;1-2;2-1-3/h5-13,24H,1,14-16H2,2-4H3;6-7H,4-5H2,1-3H3;1-2H3;1H,(H2,2,3)/b18-6+;;;. The Morgan fingerprint density at radius 2 is 1.72 bits per heavy atom. The Balaban J connectivity index is 0.00000102. The van der Waals surface area contributed by atoms with Crippen LogP contribution in [0.5, 0.6) is 0 Å². The molecular formula is C32H51N5O2. The molecule has 0 spiro atoms. The second-order valence-corrected chi connectivity index (χ2v) is 9.09. The lowest BCUT2D eigenvalue weighted by molar-refractivity contribution is -0.144. The molecule has 7 heteroatoms. The first-order valence-electron chi connectivity index (χ1n) is 13.8. The summed E-state index contributed by atoms with van der Waals surface area (Å²) < 4.78 is 0. The summed E-state index contributed by atoms with van der Waals surface area (Å²) in [5, 5.41) is 10.4. The molecule has 7 nitrogen and oxygen atoms in total. The van der Waals surface area contributed by atoms with E-state index in [1.807, 2.05) is 59.0 Å². The molecule has 39 heavy (non-hydrogen) atoms. The zero-order valence-corrected chi connectivity index (χ0v) is 25.4. The van der Waals surface area contributed by atoms with Crippen LogP contribution in [-0.2, 0) is 22.7 Å². The summed E-state index contributed by atoms with van der Waals surface area (Å²) in [5.41, 5.74) is 11.0. The van der Waals surface area contributed by atoms with Crippen LogP contribution in [0.1, 0.15) is 70.2 Å². The third-order valence-corrected chi connectivity index (χ3v) is 5.94. The van der Waals surface area contributed by atoms with Gasteiger partial charge in [-0.3, -0.25) is 14.6 Å². The minimum Gasteiger partial charge on any atom is -0.376 e. The lowest BCUT2D eigenvalue weighted by Crippen LogP contribution is -2.43. The van der Waals surface area contributed by atoms with Crippen molar-refractivity contribution in [3.8, 4) is 0 Å². The van der Waals surface area contributed by atoms with Crippen molar-refractivity contribution in [2.24, 2.45) is 5.73 Å². The highest BCUT2D eigenvalue weighted by molar-refractivity contribution is 5.81. The van der Waals surface area contributed by atoms with Crippen molar-refractivity contribution in [3.63, 3.8) is 0 Å². The van der Waals surface area contributed by atoms with Gasteiger partial charge in [-0.25, -0.2) is 5.01 Å². The third-order valence-electron chi connectivity index (χ3n) is 5.94. The van der Waals surface area contributed by atoms with Gasteiger partial charge in [-0.1, -0.05) is 89.7 Å². The van der Waals surface area contributed by atoms with Gasteiger partial charge in [-0.15, -0.1) is 0 Å². The van der Waals surface area contributed by atoms with Gasteiger partial charge >= 0.3 is 0 Å². The first-order chi connectivity index (χ1) is 18.7. The van der Waals surface area contributed by atoms with Crippen LogP contribution in [-0.4, -0.2) is 48.5 Å². The minimum atomic E-state index is 0.0441. The summed E-state index contributed by atoms with van der Waals surface area (Å²) >= 11 is 0. The number of carbonyl (C=O) groups excluding carboxylic acids is 2. The fraction of sp³-hybridized carbons (Fsp3) is 0.438. The average molecular weight is 538 g/mol. The van der Waals surface area contributed by atoms with Crippen molar-refractivity contribution in [1.82, 2.24) is 15.3 Å². The first-order valence-corrected chi connectivity index (χ1v) is 13.8. The molecule has 0 saturated heterocycles. The van der Waals surface area contributed by atoms with Crippen molar-refractivity contribution in [1.29, 1.82) is 0 Å². The number of benzene rings is 2. The first kappa shape index (κ1) is 35.6. The Labute approximate surface area is 237 Å².